The van der Waals surface area contributed by atoms with Gasteiger partial charge in [0.2, 0.25) is 34.9 Å². The first kappa shape index (κ1) is 77.7. The number of methoxy groups -OCH3 is 2. The Bertz CT molecular complexity index is 5940. The summed E-state index contributed by atoms with van der Waals surface area (Å²) >= 11 is 18.0. The SMILES string of the molecule is COc1ncc(B(O)O)cn1.C[C@H](N)c1nc2cccc(Cl)c2c(=O)n1-c1ccccc1.[C-]#[N+]c1cnc(N)nc1Cl.[C-]#[N+]c1cnc(N)nc1N[C@@H](C)c1cc2cccc(-c3cnc(OC)nc3)c2c(=O)n1-c1ccccc1.[C-]#[N+]c1cnc(N)nc1N[C@@H](C)c1nc2cccc(Cl)c2c(=O)n1-c1ccccc1. The third-order valence-electron chi connectivity index (χ3n) is 15.7. The van der Waals surface area contributed by atoms with E-state index in [0.717, 1.165) is 11.1 Å². The Morgan fingerprint density at radius 3 is 1.34 bits per heavy atom. The van der Waals surface area contributed by atoms with Gasteiger partial charge in [0.1, 0.15) is 28.4 Å². The van der Waals surface area contributed by atoms with E-state index >= 15 is 0 Å². The molecular weight excluding hydrogens is 1450 g/mol. The highest BCUT2D eigenvalue weighted by atomic mass is 35.5. The molecule has 0 amide bonds. The minimum Gasteiger partial charge on any atom is -0.467 e. The van der Waals surface area contributed by atoms with Crippen LogP contribution in [0.1, 0.15) is 56.2 Å². The van der Waals surface area contributed by atoms with Crippen LogP contribution < -0.4 is 65.2 Å². The minimum absolute atomic E-state index is 0.0378. The number of ether oxygens (including phenoxy) is 2. The number of aromatic nitrogens is 15. The molecule has 31 nitrogen and oxygen atoms in total. The number of nitrogen functional groups attached to an aromatic ring is 3. The van der Waals surface area contributed by atoms with Gasteiger partial charge < -0.3 is 53.1 Å². The monoisotopic (exact) mass is 1510 g/mol. The number of nitrogens with one attached hydrogen (secondary N) is 2. The highest BCUT2D eigenvalue weighted by molar-refractivity contribution is 6.58. The standard InChI is InChI=1S/C27H22N8O2.C21H16ClN7O.C16H14ClN3O.C5H7BN2O3.C5H3ClN4/c1-16(33-24-21(29-2)15-30-26(28)34-24)22-12-17-8-7-11-20(18-13-31-27(37-3)32-14-18)23(17)25(36)35(22)19-9-5-4-6-10-19;1-12(26-18-16(24-2)11-25-21(23)28-18)19-27-15-10-6-9-14(22)17(15)20(30)29(19)13-7-4-3-5-8-13;1-10(18)15-19-13-9-5-8-12(17)14(13)16(21)20(15)11-6-3-2-4-7-11;1-11-5-7-2-4(3-8-5)6(9)10;1-8-3-2-9-5(7)10-4(3)6/h4-16H,1,3H3,(H3,28,30,33,34);3-12H,1H3,(H3,23,25,26,28);2-10H,18H2,1H3;2-3,9-10H,1H3;2H,(H2,7,9,10)/t16-;12-;10-;;/m000../s1. The normalized spacial score (nSPS) is 11.3. The summed E-state index contributed by atoms with van der Waals surface area (Å²) in [5.74, 6) is 1.69. The van der Waals surface area contributed by atoms with E-state index in [1.807, 2.05) is 129 Å². The van der Waals surface area contributed by atoms with Crippen molar-refractivity contribution in [3.63, 3.8) is 0 Å². The fourth-order valence-corrected chi connectivity index (χ4v) is 11.4. The number of anilines is 5. The number of para-hydroxylation sites is 3. The lowest BCUT2D eigenvalue weighted by atomic mass is 9.83. The molecule has 0 aliphatic rings. The van der Waals surface area contributed by atoms with Crippen LogP contribution in [-0.4, -0.2) is 105 Å². The number of hydrogen-bond acceptors (Lipinski definition) is 25. The van der Waals surface area contributed by atoms with E-state index in [9.17, 15) is 14.4 Å². The first-order valence-electron chi connectivity index (χ1n) is 32.4. The third-order valence-corrected chi connectivity index (χ3v) is 16.6. The topological polar surface area (TPSA) is 421 Å². The Morgan fingerprint density at radius 2 is 0.890 bits per heavy atom. The molecular formula is C74H62BCl3N24O7. The fraction of sp³-hybridized carbons (Fsp3) is 0.108. The molecule has 8 aromatic heterocycles. The van der Waals surface area contributed by atoms with Crippen LogP contribution in [0.3, 0.4) is 0 Å². The summed E-state index contributed by atoms with van der Waals surface area (Å²) < 4.78 is 14.4. The minimum atomic E-state index is -1.53. The van der Waals surface area contributed by atoms with E-state index in [1.165, 1.54) is 54.3 Å². The first-order valence-corrected chi connectivity index (χ1v) is 33.5. The van der Waals surface area contributed by atoms with Crippen molar-refractivity contribution < 1.29 is 19.5 Å². The van der Waals surface area contributed by atoms with Gasteiger partial charge in [0, 0.05) is 65.8 Å². The first-order chi connectivity index (χ1) is 52.6. The Balaban J connectivity index is 0.000000157. The average Bonchev–Trinajstić information content (AvgIpc) is 0.763. The summed E-state index contributed by atoms with van der Waals surface area (Å²) in [6.07, 6.45) is 9.86. The Kier molecular flexibility index (Phi) is 25.5. The summed E-state index contributed by atoms with van der Waals surface area (Å²) in [7, 11) is 1.41. The van der Waals surface area contributed by atoms with Crippen molar-refractivity contribution in [1.29, 1.82) is 0 Å². The lowest BCUT2D eigenvalue weighted by Crippen LogP contribution is -2.30. The van der Waals surface area contributed by atoms with E-state index in [-0.39, 0.29) is 86.1 Å². The molecule has 0 saturated carbocycles. The molecule has 14 rings (SSSR count). The molecule has 0 spiro atoms. The number of hydrogen-bond donors (Lipinski definition) is 8. The fourth-order valence-electron chi connectivity index (χ4n) is 10.7. The molecule has 8 heterocycles. The van der Waals surface area contributed by atoms with Gasteiger partial charge in [-0.1, -0.05) is 120 Å². The maximum atomic E-state index is 14.2. The van der Waals surface area contributed by atoms with Gasteiger partial charge in [0.15, 0.2) is 0 Å². The van der Waals surface area contributed by atoms with Crippen molar-refractivity contribution in [1.82, 2.24) is 73.5 Å². The van der Waals surface area contributed by atoms with Gasteiger partial charge in [-0.25, -0.2) is 74.3 Å². The van der Waals surface area contributed by atoms with Gasteiger partial charge in [0.05, 0.1) is 101 Å². The van der Waals surface area contributed by atoms with Crippen molar-refractivity contribution in [3.05, 3.63) is 293 Å². The molecule has 0 radical (unpaired) electrons. The zero-order valence-corrected chi connectivity index (χ0v) is 60.5. The highest BCUT2D eigenvalue weighted by Crippen LogP contribution is 2.34. The molecule has 6 aromatic carbocycles. The molecule has 109 heavy (non-hydrogen) atoms. The van der Waals surface area contributed by atoms with Crippen LogP contribution in [0.25, 0.3) is 75.3 Å². The van der Waals surface area contributed by atoms with Crippen molar-refractivity contribution in [2.75, 3.05) is 42.1 Å². The van der Waals surface area contributed by atoms with E-state index in [1.54, 1.807) is 60.3 Å². The zero-order valence-electron chi connectivity index (χ0n) is 58.2. The second kappa shape index (κ2) is 35.7. The van der Waals surface area contributed by atoms with Gasteiger partial charge in [-0.15, -0.1) is 0 Å². The molecule has 0 saturated heterocycles. The van der Waals surface area contributed by atoms with Crippen LogP contribution in [0.5, 0.6) is 12.0 Å². The number of fused-ring (bicyclic) bond motifs is 3. The smallest absolute Gasteiger partial charge is 0.467 e. The summed E-state index contributed by atoms with van der Waals surface area (Å²) in [4.78, 5) is 98.6. The predicted octanol–water partition coefficient (Wildman–Crippen LogP) is 11.2. The largest absolute Gasteiger partial charge is 0.491 e. The number of rotatable bonds is 14. The number of nitrogens with two attached hydrogens (primary N) is 4. The summed E-state index contributed by atoms with van der Waals surface area (Å²) in [6, 6.07) is 45.0. The third kappa shape index (κ3) is 18.3. The molecule has 35 heteroatoms. The molecule has 0 aliphatic carbocycles. The molecule has 3 atom stereocenters. The van der Waals surface area contributed by atoms with Crippen LogP contribution in [-0.2, 0) is 0 Å². The molecule has 0 aliphatic heterocycles. The number of nitrogens with zero attached hydrogens (tertiary/aromatic N) is 18. The highest BCUT2D eigenvalue weighted by Gasteiger charge is 2.24. The molecule has 14 aromatic rings. The Hall–Kier alpha value is -13.9. The molecule has 544 valence electrons. The van der Waals surface area contributed by atoms with Crippen LogP contribution in [0, 0.1) is 19.7 Å². The van der Waals surface area contributed by atoms with E-state index in [0.29, 0.717) is 82.9 Å². The van der Waals surface area contributed by atoms with E-state index < -0.39 is 19.2 Å². The Labute approximate surface area is 635 Å². The van der Waals surface area contributed by atoms with Crippen molar-refractivity contribution in [2.24, 2.45) is 5.73 Å². The zero-order chi connectivity index (χ0) is 78.0. The summed E-state index contributed by atoms with van der Waals surface area (Å²) in [5, 5.41) is 26.5. The van der Waals surface area contributed by atoms with Crippen LogP contribution in [0.4, 0.5) is 46.5 Å². The van der Waals surface area contributed by atoms with Crippen molar-refractivity contribution >= 4 is 127 Å². The predicted molar refractivity (Wildman–Crippen MR) is 420 cm³/mol. The Morgan fingerprint density at radius 1 is 0.477 bits per heavy atom. The van der Waals surface area contributed by atoms with Crippen molar-refractivity contribution in [3.8, 4) is 40.2 Å². The van der Waals surface area contributed by atoms with E-state index in [2.05, 4.69) is 84.7 Å². The van der Waals surface area contributed by atoms with Gasteiger partial charge in [0.25, 0.3) is 16.7 Å². The van der Waals surface area contributed by atoms with Crippen molar-refractivity contribution in [2.45, 2.75) is 38.9 Å². The second-order valence-corrected chi connectivity index (χ2v) is 24.2. The summed E-state index contributed by atoms with van der Waals surface area (Å²) in [6.45, 7) is 26.9. The quantitative estimate of drug-likeness (QED) is 0.0285. The lowest BCUT2D eigenvalue weighted by Gasteiger charge is -2.22. The summed E-state index contributed by atoms with van der Waals surface area (Å²) in [5.41, 5.74) is 28.0. The molecule has 12 N–H and O–H groups in total. The number of pyridine rings is 1. The molecule has 0 bridgehead atoms. The van der Waals surface area contributed by atoms with Gasteiger partial charge >= 0.3 is 19.1 Å². The number of benzene rings is 6. The van der Waals surface area contributed by atoms with Crippen LogP contribution in [0.2, 0.25) is 15.2 Å². The second-order valence-electron chi connectivity index (χ2n) is 23.0. The lowest BCUT2D eigenvalue weighted by molar-refractivity contribution is 0.379. The molecule has 0 fully saturated rings. The molecule has 0 unspecified atom stereocenters. The average molecular weight is 1520 g/mol. The van der Waals surface area contributed by atoms with E-state index in [4.69, 9.17) is 97.2 Å². The van der Waals surface area contributed by atoms with Crippen LogP contribution in [0.15, 0.2) is 209 Å². The van der Waals surface area contributed by atoms with Gasteiger partial charge in [-0.05, 0) is 98.5 Å². The van der Waals surface area contributed by atoms with Gasteiger partial charge in [-0.3, -0.25) is 28.1 Å². The van der Waals surface area contributed by atoms with Crippen LogP contribution >= 0.6 is 34.8 Å². The maximum Gasteiger partial charge on any atom is 0.491 e. The number of halogens is 3. The van der Waals surface area contributed by atoms with Gasteiger partial charge in [-0.2, -0.15) is 0 Å². The maximum absolute atomic E-state index is 14.2.